The molecule has 23 heteroatoms. The highest BCUT2D eigenvalue weighted by Crippen LogP contribution is 2.56. The minimum absolute atomic E-state index is 0. The molecule has 11 rings (SSSR count). The van der Waals surface area contributed by atoms with E-state index in [1.807, 2.05) is 12.1 Å². The van der Waals surface area contributed by atoms with Gasteiger partial charge < -0.3 is 62.6 Å². The molecule has 0 atom stereocenters. The first-order chi connectivity index (χ1) is 50.8. The van der Waals surface area contributed by atoms with Crippen LogP contribution in [0.25, 0.3) is 65.3 Å². The maximum absolute atomic E-state index is 14.6. The Labute approximate surface area is 643 Å². The molecule has 2 aromatic heterocycles. The second-order valence-electron chi connectivity index (χ2n) is 26.5. The molecule has 2 aliphatic heterocycles. The predicted octanol–water partition coefficient (Wildman–Crippen LogP) is 7.38. The van der Waals surface area contributed by atoms with Crippen LogP contribution in [0, 0.1) is 0 Å². The van der Waals surface area contributed by atoms with Crippen LogP contribution in [0.4, 0.5) is 0 Å². The first kappa shape index (κ1) is 81.9. The van der Waals surface area contributed by atoms with E-state index >= 15 is 0 Å². The number of aromatic hydroxyl groups is 2. The molecule has 560 valence electrons. The maximum atomic E-state index is 14.6. The van der Waals surface area contributed by atoms with Crippen molar-refractivity contribution in [3.8, 4) is 34.0 Å². The molecule has 0 radical (unpaired) electrons. The maximum Gasteiger partial charge on any atom is 0.263 e. The lowest BCUT2D eigenvalue weighted by atomic mass is 9.86. The van der Waals surface area contributed by atoms with E-state index < -0.39 is 29.5 Å². The number of nitrogens with zero attached hydrogens (tertiary/aromatic N) is 6. The Kier molecular flexibility index (Phi) is 31.3. The summed E-state index contributed by atoms with van der Waals surface area (Å²) in [5.41, 5.74) is 0.553. The van der Waals surface area contributed by atoms with Gasteiger partial charge in [0, 0.05) is 154 Å². The van der Waals surface area contributed by atoms with Crippen molar-refractivity contribution in [1.29, 1.82) is 0 Å². The average Bonchev–Trinajstić information content (AvgIpc) is 0.707. The summed E-state index contributed by atoms with van der Waals surface area (Å²) in [6.45, 7) is 4.62. The number of benzene rings is 7. The van der Waals surface area contributed by atoms with E-state index in [-0.39, 0.29) is 73.0 Å². The van der Waals surface area contributed by atoms with Gasteiger partial charge in [-0.2, -0.15) is 0 Å². The molecule has 0 fully saturated rings. The van der Waals surface area contributed by atoms with Gasteiger partial charge in [-0.1, -0.05) is 83.6 Å². The van der Waals surface area contributed by atoms with Crippen molar-refractivity contribution in [1.82, 2.24) is 18.3 Å². The zero-order chi connectivity index (χ0) is 73.7. The summed E-state index contributed by atoms with van der Waals surface area (Å²) in [4.78, 5) is 95.3. The average molecular weight is 1680 g/mol. The Morgan fingerprint density at radius 2 is 0.705 bits per heavy atom. The summed E-state index contributed by atoms with van der Waals surface area (Å²) in [6, 6.07) is 39.7. The molecule has 2 N–H and O–H groups in total. The van der Waals surface area contributed by atoms with E-state index in [4.69, 9.17) is 38.4 Å². The summed E-state index contributed by atoms with van der Waals surface area (Å²) in [5.74, 6) is -0.364. The summed E-state index contributed by atoms with van der Waals surface area (Å²) < 4.78 is 37.9. The SMILES string of the molecule is COCCCCc1cc2c(O)n(CCCOC)c(=O)c3c(=NCCCCCI)cc4c(=O)n(CCCOC)c(=O)c1c-4c23.COCCCCc1cc2c(O)n(CCCOC)c(=O)c3c(=NCCCCC[P+](c4ccccc4)(c4ccccc4)c4ccccc4)cc4c(=O)n(CCCOC)c(=O)c1c-4c23.[I-]. The third kappa shape index (κ3) is 18.0. The Morgan fingerprint density at radius 1 is 0.371 bits per heavy atom. The van der Waals surface area contributed by atoms with E-state index in [9.17, 15) is 39.0 Å². The highest BCUT2D eigenvalue weighted by molar-refractivity contribution is 14.1. The first-order valence-corrected chi connectivity index (χ1v) is 40.0. The quantitative estimate of drug-likeness (QED) is 0.0125. The number of aromatic nitrogens is 4. The first-order valence-electron chi connectivity index (χ1n) is 36.5. The van der Waals surface area contributed by atoms with Crippen molar-refractivity contribution in [2.45, 2.75) is 129 Å². The molecule has 20 nitrogen and oxygen atoms in total. The monoisotopic (exact) mass is 1680 g/mol. The van der Waals surface area contributed by atoms with Gasteiger partial charge in [0.15, 0.2) is 0 Å². The van der Waals surface area contributed by atoms with Crippen molar-refractivity contribution in [2.24, 2.45) is 9.98 Å². The zero-order valence-corrected chi connectivity index (χ0v) is 66.6. The molecular weight excluding hydrogens is 1580 g/mol. The molecule has 7 aromatic rings. The molecule has 0 spiro atoms. The number of rotatable bonds is 40. The van der Waals surface area contributed by atoms with Gasteiger partial charge in [0.1, 0.15) is 23.2 Å². The minimum Gasteiger partial charge on any atom is -1.00 e. The van der Waals surface area contributed by atoms with Crippen molar-refractivity contribution in [2.75, 3.05) is 106 Å². The lowest BCUT2D eigenvalue weighted by Crippen LogP contribution is -3.00. The van der Waals surface area contributed by atoms with Crippen LogP contribution >= 0.6 is 29.9 Å². The number of alkyl halides is 1. The number of hydrogen-bond donors (Lipinski definition) is 2. The smallest absolute Gasteiger partial charge is 0.263 e. The van der Waals surface area contributed by atoms with Gasteiger partial charge in [-0.3, -0.25) is 57.0 Å². The molecule has 0 unspecified atom stereocenters. The molecule has 0 amide bonds. The van der Waals surface area contributed by atoms with Crippen molar-refractivity contribution in [3.05, 3.63) is 199 Å². The second-order valence-corrected chi connectivity index (χ2v) is 31.2. The molecule has 0 bridgehead atoms. The van der Waals surface area contributed by atoms with Crippen LogP contribution in [-0.4, -0.2) is 134 Å². The molecular formula is C82H99I2N6O14P. The fourth-order valence-electron chi connectivity index (χ4n) is 14.8. The molecule has 0 saturated heterocycles. The van der Waals surface area contributed by atoms with Crippen LogP contribution in [-0.2, 0) is 67.4 Å². The number of unbranched alkanes of at least 4 members (excludes halogenated alkanes) is 6. The third-order valence-corrected chi connectivity index (χ3v) is 25.1. The summed E-state index contributed by atoms with van der Waals surface area (Å²) in [5, 5.41) is 31.5. The van der Waals surface area contributed by atoms with Crippen molar-refractivity contribution < 1.29 is 62.6 Å². The fraction of sp³-hybridized carbons (Fsp3) is 0.439. The highest BCUT2D eigenvalue weighted by atomic mass is 127. The van der Waals surface area contributed by atoms with E-state index in [0.29, 0.717) is 167 Å². The third-order valence-electron chi connectivity index (χ3n) is 19.8. The topological polar surface area (TPSA) is 243 Å². The largest absolute Gasteiger partial charge is 1.00 e. The van der Waals surface area contributed by atoms with Gasteiger partial charge in [-0.25, -0.2) is 0 Å². The number of ether oxygens (including phenoxy) is 6. The van der Waals surface area contributed by atoms with E-state index in [1.165, 1.54) is 34.2 Å². The Hall–Kier alpha value is -7.13. The zero-order valence-electron chi connectivity index (χ0n) is 61.4. The van der Waals surface area contributed by atoms with Crippen LogP contribution in [0.3, 0.4) is 0 Å². The van der Waals surface area contributed by atoms with Crippen molar-refractivity contribution >= 4 is 88.9 Å². The van der Waals surface area contributed by atoms with E-state index in [2.05, 4.69) is 114 Å². The molecule has 0 saturated carbocycles. The highest BCUT2D eigenvalue weighted by Gasteiger charge is 2.44. The lowest BCUT2D eigenvalue weighted by molar-refractivity contribution is -0.0000251. The standard InChI is InChI=1S/C50H56N3O7P.C32H42IN3O7.HI/c1-58-30-16-14-20-36-34-40-45-44-41(48(55)52(28-18-31-59-2)49(56)43(36)44)35-42(46(45)50(57)53(47(40)54)29-19-32-60-3)51-27-15-7-17-33-61(37-21-8-4-9-22-37,38-23-10-5-11-24-38)39-25-12-6-13-26-39;1-41-16-8-5-11-21-19-22-27-26-23(30(38)35(14-9-17-42-2)31(39)25(21)26)20-24(34-13-7-4-6-12-33)28(27)32(40)36(29(22)37)15-10-18-43-3;/h4-6,8-13,21-26,34-35H,7,14-20,27-33H2,1-3H3;19-20,37H,4-18H2,1-3H3;1H. The summed E-state index contributed by atoms with van der Waals surface area (Å²) >= 11 is 2.35. The van der Waals surface area contributed by atoms with Gasteiger partial charge in [0.05, 0.1) is 49.5 Å². The molecule has 4 aliphatic rings. The summed E-state index contributed by atoms with van der Waals surface area (Å²) in [7, 11) is 7.70. The number of pyridine rings is 4. The summed E-state index contributed by atoms with van der Waals surface area (Å²) in [6.07, 6.45) is 12.7. The van der Waals surface area contributed by atoms with E-state index in [1.54, 1.807) is 54.8 Å². The van der Waals surface area contributed by atoms with Gasteiger partial charge in [0.2, 0.25) is 11.8 Å². The molecule has 5 aromatic carbocycles. The van der Waals surface area contributed by atoms with Crippen LogP contribution in [0.2, 0.25) is 0 Å². The minimum atomic E-state index is -1.98. The Balaban J connectivity index is 0.000000256. The normalized spacial score (nSPS) is 12.3. The van der Waals surface area contributed by atoms with Gasteiger partial charge in [-0.15, -0.1) is 0 Å². The van der Waals surface area contributed by atoms with Gasteiger partial charge in [-0.05, 0) is 173 Å². The second kappa shape index (κ2) is 40.2. The van der Waals surface area contributed by atoms with Crippen LogP contribution in [0.15, 0.2) is 154 Å². The molecule has 105 heavy (non-hydrogen) atoms. The number of aryl methyl sites for hydroxylation is 2. The number of methoxy groups -OCH3 is 6. The Bertz CT molecular complexity index is 4960. The fourth-order valence-corrected chi connectivity index (χ4v) is 19.8. The predicted molar refractivity (Wildman–Crippen MR) is 427 cm³/mol. The lowest BCUT2D eigenvalue weighted by Gasteiger charge is -2.27. The van der Waals surface area contributed by atoms with E-state index in [0.717, 1.165) is 85.9 Å². The Morgan fingerprint density at radius 3 is 1.06 bits per heavy atom. The van der Waals surface area contributed by atoms with Gasteiger partial charge in [0.25, 0.3) is 33.4 Å². The van der Waals surface area contributed by atoms with Crippen molar-refractivity contribution in [3.63, 3.8) is 0 Å². The molecule has 4 heterocycles. The molecule has 2 aliphatic carbocycles. The van der Waals surface area contributed by atoms with Crippen LogP contribution < -0.4 is 84.0 Å². The van der Waals surface area contributed by atoms with Gasteiger partial charge >= 0.3 is 0 Å². The van der Waals surface area contributed by atoms with Crippen LogP contribution in [0.1, 0.15) is 101 Å². The van der Waals surface area contributed by atoms with Crippen LogP contribution in [0.5, 0.6) is 11.8 Å². The number of halogens is 2. The number of hydrogen-bond acceptors (Lipinski definition) is 16.